The van der Waals surface area contributed by atoms with Crippen LogP contribution < -0.4 is 10.9 Å². The van der Waals surface area contributed by atoms with Crippen LogP contribution in [0.4, 0.5) is 0 Å². The molecule has 14 heavy (non-hydrogen) atoms. The van der Waals surface area contributed by atoms with Crippen LogP contribution >= 0.6 is 0 Å². The largest absolute Gasteiger partial charge is 0.327 e. The number of hydrogen-bond donors (Lipinski definition) is 2. The van der Waals surface area contributed by atoms with Gasteiger partial charge in [0.05, 0.1) is 4.90 Å². The Morgan fingerprint density at radius 1 is 1.36 bits per heavy atom. The van der Waals surface area contributed by atoms with E-state index in [0.717, 1.165) is 5.56 Å². The van der Waals surface area contributed by atoms with Gasteiger partial charge in [-0.15, -0.1) is 0 Å². The molecule has 1 rings (SSSR count). The van der Waals surface area contributed by atoms with Crippen molar-refractivity contribution in [2.24, 2.45) is 10.9 Å². The molecule has 0 saturated carbocycles. The van der Waals surface area contributed by atoms with E-state index >= 15 is 0 Å². The molecule has 0 aromatic heterocycles. The number of hydrogen-bond acceptors (Lipinski definition) is 3. The van der Waals surface area contributed by atoms with Gasteiger partial charge in [0.25, 0.3) is 0 Å². The van der Waals surface area contributed by atoms with E-state index in [9.17, 15) is 8.42 Å². The summed E-state index contributed by atoms with van der Waals surface area (Å²) >= 11 is 0. The molecule has 0 unspecified atom stereocenters. The molecule has 0 radical (unpaired) electrons. The first-order valence-electron chi connectivity index (χ1n) is 4.03. The fraction of sp³-hybridized carbons (Fsp3) is 0.111. The van der Waals surface area contributed by atoms with E-state index in [4.69, 9.17) is 10.9 Å². The summed E-state index contributed by atoms with van der Waals surface area (Å²) in [5.41, 5.74) is 6.04. The molecule has 0 saturated heterocycles. The Morgan fingerprint density at radius 3 is 2.64 bits per heavy atom. The molecule has 0 atom stereocenters. The molecule has 0 fully saturated rings. The summed E-state index contributed by atoms with van der Waals surface area (Å²) in [6.07, 6.45) is 3.48. The normalized spacial score (nSPS) is 12.1. The highest BCUT2D eigenvalue weighted by Crippen LogP contribution is 2.10. The average Bonchev–Trinajstić information content (AvgIpc) is 2.14. The molecular weight excluding hydrogens is 200 g/mol. The van der Waals surface area contributed by atoms with Gasteiger partial charge >= 0.3 is 0 Å². The molecule has 0 bridgehead atoms. The molecule has 0 amide bonds. The Kier molecular flexibility index (Phi) is 3.40. The summed E-state index contributed by atoms with van der Waals surface area (Å²) < 4.78 is 22.0. The summed E-state index contributed by atoms with van der Waals surface area (Å²) in [4.78, 5) is 0.108. The van der Waals surface area contributed by atoms with E-state index in [2.05, 4.69) is 0 Å². The van der Waals surface area contributed by atoms with Gasteiger partial charge in [-0.05, 0) is 17.7 Å². The van der Waals surface area contributed by atoms with Crippen LogP contribution in [0, 0.1) is 0 Å². The lowest BCUT2D eigenvalue weighted by molar-refractivity contribution is 0.598. The molecule has 4 nitrogen and oxygen atoms in total. The third-order valence-corrected chi connectivity index (χ3v) is 2.54. The van der Waals surface area contributed by atoms with Crippen molar-refractivity contribution < 1.29 is 8.42 Å². The Morgan fingerprint density at radius 2 is 2.07 bits per heavy atom. The van der Waals surface area contributed by atoms with Crippen molar-refractivity contribution >= 4 is 16.1 Å². The first-order chi connectivity index (χ1) is 6.54. The highest BCUT2D eigenvalue weighted by atomic mass is 32.2. The van der Waals surface area contributed by atoms with Gasteiger partial charge in [0, 0.05) is 6.54 Å². The summed E-state index contributed by atoms with van der Waals surface area (Å²) in [6, 6.07) is 6.37. The lowest BCUT2D eigenvalue weighted by Gasteiger charge is -1.98. The zero-order valence-corrected chi connectivity index (χ0v) is 8.37. The Balaban J connectivity index is 3.08. The second-order valence-corrected chi connectivity index (χ2v) is 4.32. The highest BCUT2D eigenvalue weighted by molar-refractivity contribution is 7.89. The highest BCUT2D eigenvalue weighted by Gasteiger charge is 2.06. The molecule has 1 aromatic rings. The minimum absolute atomic E-state index is 0.108. The van der Waals surface area contributed by atoms with Crippen LogP contribution in [-0.4, -0.2) is 15.0 Å². The molecule has 5 heteroatoms. The van der Waals surface area contributed by atoms with Crippen molar-refractivity contribution in [1.29, 1.82) is 0 Å². The zero-order chi connectivity index (χ0) is 10.6. The van der Waals surface area contributed by atoms with Gasteiger partial charge in [-0.25, -0.2) is 13.6 Å². The number of nitrogens with two attached hydrogens (primary N) is 2. The van der Waals surface area contributed by atoms with Gasteiger partial charge in [-0.1, -0.05) is 24.3 Å². The predicted molar refractivity (Wildman–Crippen MR) is 55.9 cm³/mol. The second kappa shape index (κ2) is 4.36. The van der Waals surface area contributed by atoms with Crippen molar-refractivity contribution in [2.75, 3.05) is 6.54 Å². The summed E-state index contributed by atoms with van der Waals surface area (Å²) in [7, 11) is -3.62. The van der Waals surface area contributed by atoms with Crippen LogP contribution in [0.5, 0.6) is 0 Å². The monoisotopic (exact) mass is 212 g/mol. The Bertz CT molecular complexity index is 438. The van der Waals surface area contributed by atoms with Crippen LogP contribution in [0.2, 0.25) is 0 Å². The van der Waals surface area contributed by atoms with E-state index in [1.54, 1.807) is 24.3 Å². The van der Waals surface area contributed by atoms with Crippen LogP contribution in [0.25, 0.3) is 6.08 Å². The summed E-state index contributed by atoms with van der Waals surface area (Å²) in [5.74, 6) is 0. The van der Waals surface area contributed by atoms with E-state index < -0.39 is 10.0 Å². The lowest BCUT2D eigenvalue weighted by atomic mass is 10.2. The van der Waals surface area contributed by atoms with Crippen molar-refractivity contribution in [1.82, 2.24) is 0 Å². The van der Waals surface area contributed by atoms with E-state index in [0.29, 0.717) is 6.54 Å². The van der Waals surface area contributed by atoms with Crippen molar-refractivity contribution in [3.63, 3.8) is 0 Å². The van der Waals surface area contributed by atoms with Gasteiger partial charge in [0.15, 0.2) is 0 Å². The number of benzene rings is 1. The molecule has 76 valence electrons. The van der Waals surface area contributed by atoms with Crippen molar-refractivity contribution in [3.8, 4) is 0 Å². The quantitative estimate of drug-likeness (QED) is 0.755. The molecule has 0 aliphatic rings. The number of rotatable bonds is 3. The van der Waals surface area contributed by atoms with Crippen molar-refractivity contribution in [3.05, 3.63) is 35.9 Å². The number of sulfonamides is 1. The van der Waals surface area contributed by atoms with Gasteiger partial charge in [-0.3, -0.25) is 0 Å². The molecule has 0 heterocycles. The van der Waals surface area contributed by atoms with Crippen LogP contribution in [0.15, 0.2) is 35.2 Å². The SMILES string of the molecule is NCC=Cc1cccc(S(N)(=O)=O)c1. The van der Waals surface area contributed by atoms with Crippen molar-refractivity contribution in [2.45, 2.75) is 4.90 Å². The standard InChI is InChI=1S/C9H12N2O2S/c10-6-2-4-8-3-1-5-9(7-8)14(11,12)13/h1-5,7H,6,10H2,(H2,11,12,13). The predicted octanol–water partition coefficient (Wildman–Crippen LogP) is 0.306. The lowest BCUT2D eigenvalue weighted by Crippen LogP contribution is -2.11. The third-order valence-electron chi connectivity index (χ3n) is 1.63. The second-order valence-electron chi connectivity index (χ2n) is 2.76. The minimum Gasteiger partial charge on any atom is -0.327 e. The maximum atomic E-state index is 11.0. The van der Waals surface area contributed by atoms with Gasteiger partial charge in [0.1, 0.15) is 0 Å². The fourth-order valence-corrected chi connectivity index (χ4v) is 1.57. The first-order valence-corrected chi connectivity index (χ1v) is 5.58. The van der Waals surface area contributed by atoms with Gasteiger partial charge < -0.3 is 5.73 Å². The Labute approximate surface area is 83.3 Å². The molecule has 1 aromatic carbocycles. The Hall–Kier alpha value is -1.17. The van der Waals surface area contributed by atoms with Gasteiger partial charge in [0.2, 0.25) is 10.0 Å². The smallest absolute Gasteiger partial charge is 0.238 e. The van der Waals surface area contributed by atoms with E-state index in [1.165, 1.54) is 12.1 Å². The fourth-order valence-electron chi connectivity index (χ4n) is 0.999. The number of primary sulfonamides is 1. The molecule has 0 aliphatic carbocycles. The van der Waals surface area contributed by atoms with Crippen LogP contribution in [0.1, 0.15) is 5.56 Å². The minimum atomic E-state index is -3.62. The molecule has 0 spiro atoms. The van der Waals surface area contributed by atoms with Crippen LogP contribution in [0.3, 0.4) is 0 Å². The van der Waals surface area contributed by atoms with Gasteiger partial charge in [-0.2, -0.15) is 0 Å². The molecule has 0 aliphatic heterocycles. The first kappa shape index (κ1) is 10.9. The van der Waals surface area contributed by atoms with E-state index in [1.807, 2.05) is 0 Å². The van der Waals surface area contributed by atoms with Crippen LogP contribution in [-0.2, 0) is 10.0 Å². The topological polar surface area (TPSA) is 86.2 Å². The maximum absolute atomic E-state index is 11.0. The third kappa shape index (κ3) is 2.95. The molecule has 4 N–H and O–H groups in total. The summed E-state index contributed by atoms with van der Waals surface area (Å²) in [5, 5.41) is 4.98. The van der Waals surface area contributed by atoms with E-state index in [-0.39, 0.29) is 4.90 Å². The average molecular weight is 212 g/mol. The molecular formula is C9H12N2O2S. The zero-order valence-electron chi connectivity index (χ0n) is 7.55. The summed E-state index contributed by atoms with van der Waals surface area (Å²) in [6.45, 7) is 0.416. The maximum Gasteiger partial charge on any atom is 0.238 e.